The van der Waals surface area contributed by atoms with Crippen LogP contribution >= 0.6 is 0 Å². The molecular weight excluding hydrogens is 352 g/mol. The second-order valence-electron chi connectivity index (χ2n) is 5.92. The number of para-hydroxylation sites is 2. The van der Waals surface area contributed by atoms with Gasteiger partial charge in [0.05, 0.1) is 23.8 Å². The third-order valence-electron chi connectivity index (χ3n) is 3.90. The first-order valence-electron chi connectivity index (χ1n) is 8.64. The second kappa shape index (κ2) is 8.05. The summed E-state index contributed by atoms with van der Waals surface area (Å²) >= 11 is 0. The van der Waals surface area contributed by atoms with Gasteiger partial charge >= 0.3 is 0 Å². The normalized spacial score (nSPS) is 11.4. The van der Waals surface area contributed by atoms with Crippen LogP contribution in [0.5, 0.6) is 0 Å². The zero-order valence-corrected chi connectivity index (χ0v) is 14.8. The fourth-order valence-electron chi connectivity index (χ4n) is 2.51. The highest BCUT2D eigenvalue weighted by atomic mass is 16.1. The van der Waals surface area contributed by atoms with Crippen molar-refractivity contribution in [2.45, 2.75) is 0 Å². The molecule has 28 heavy (non-hydrogen) atoms. The van der Waals surface area contributed by atoms with Gasteiger partial charge in [-0.25, -0.2) is 9.36 Å². The van der Waals surface area contributed by atoms with Gasteiger partial charge in [-0.2, -0.15) is 0 Å². The molecule has 0 unspecified atom stereocenters. The van der Waals surface area contributed by atoms with E-state index in [4.69, 9.17) is 0 Å². The van der Waals surface area contributed by atoms with Gasteiger partial charge in [-0.15, -0.1) is 10.2 Å². The van der Waals surface area contributed by atoms with Crippen molar-refractivity contribution in [3.63, 3.8) is 0 Å². The van der Waals surface area contributed by atoms with E-state index >= 15 is 0 Å². The molecule has 0 fully saturated rings. The first-order chi connectivity index (χ1) is 13.8. The van der Waals surface area contributed by atoms with E-state index < -0.39 is 0 Å². The van der Waals surface area contributed by atoms with E-state index in [1.165, 1.54) is 12.2 Å². The Morgan fingerprint density at radius 2 is 1.11 bits per heavy atom. The molecule has 0 atom stereocenters. The summed E-state index contributed by atoms with van der Waals surface area (Å²) in [6, 6.07) is 19.3. The Balaban J connectivity index is 1.39. The lowest BCUT2D eigenvalue weighted by atomic mass is 10.2. The highest BCUT2D eigenvalue weighted by molar-refractivity contribution is 6.04. The first-order valence-corrected chi connectivity index (χ1v) is 8.64. The number of hydrogen-bond acceptors (Lipinski definition) is 5. The van der Waals surface area contributed by atoms with Crippen molar-refractivity contribution in [1.82, 2.24) is 30.0 Å². The summed E-state index contributed by atoms with van der Waals surface area (Å²) in [5, 5.41) is 16.2. The minimum absolute atomic E-state index is 0.177. The van der Waals surface area contributed by atoms with Crippen molar-refractivity contribution in [1.29, 1.82) is 0 Å². The molecule has 0 saturated heterocycles. The Kier molecular flexibility index (Phi) is 4.97. The zero-order chi connectivity index (χ0) is 19.2. The van der Waals surface area contributed by atoms with Gasteiger partial charge in [0.1, 0.15) is 11.4 Å². The number of hydrogen-bond donors (Lipinski definition) is 0. The maximum atomic E-state index is 12.1. The van der Waals surface area contributed by atoms with Crippen LogP contribution in [0.4, 0.5) is 0 Å². The molecule has 0 spiro atoms. The van der Waals surface area contributed by atoms with Crippen LogP contribution in [0.3, 0.4) is 0 Å². The van der Waals surface area contributed by atoms with E-state index in [9.17, 15) is 4.79 Å². The fraction of sp³-hybridized carbons (Fsp3) is 0. The monoisotopic (exact) mass is 368 g/mol. The molecule has 2 aromatic carbocycles. The molecule has 0 N–H and O–H groups in total. The molecule has 2 heterocycles. The van der Waals surface area contributed by atoms with E-state index in [-0.39, 0.29) is 5.78 Å². The van der Waals surface area contributed by atoms with Crippen LogP contribution in [0.25, 0.3) is 23.5 Å². The van der Waals surface area contributed by atoms with E-state index in [1.807, 2.05) is 60.7 Å². The largest absolute Gasteiger partial charge is 0.290 e. The number of ketones is 1. The number of benzene rings is 2. The number of nitrogens with zero attached hydrogens (tertiary/aromatic N) is 6. The maximum Gasteiger partial charge on any atom is 0.178 e. The van der Waals surface area contributed by atoms with Gasteiger partial charge in [0.15, 0.2) is 5.78 Å². The van der Waals surface area contributed by atoms with Gasteiger partial charge in [0.2, 0.25) is 0 Å². The SMILES string of the molecule is O=C(/C=C/c1cn(-c2ccccc2)nn1)/C=C/c1cn(-c2ccccc2)nn1. The standard InChI is InChI=1S/C21H16N6O/c28-21(13-11-17-15-26(24-22-17)19-7-3-1-4-8-19)14-12-18-16-27(25-23-18)20-9-5-2-6-10-20/h1-16H/b13-11+,14-12+. The van der Waals surface area contributed by atoms with Crippen molar-refractivity contribution in [2.75, 3.05) is 0 Å². The van der Waals surface area contributed by atoms with Gasteiger partial charge in [-0.1, -0.05) is 46.8 Å². The molecule has 7 nitrogen and oxygen atoms in total. The summed E-state index contributed by atoms with van der Waals surface area (Å²) in [5.41, 5.74) is 3.01. The predicted molar refractivity (Wildman–Crippen MR) is 106 cm³/mol. The number of carbonyl (C=O) groups excluding carboxylic acids is 1. The van der Waals surface area contributed by atoms with Crippen molar-refractivity contribution < 1.29 is 4.79 Å². The predicted octanol–water partition coefficient (Wildman–Crippen LogP) is 3.14. The number of allylic oxidation sites excluding steroid dienone is 2. The smallest absolute Gasteiger partial charge is 0.178 e. The Hall–Kier alpha value is -4.13. The Morgan fingerprint density at radius 3 is 1.54 bits per heavy atom. The molecule has 0 saturated carbocycles. The van der Waals surface area contributed by atoms with Gasteiger partial charge in [-0.3, -0.25) is 4.79 Å². The number of carbonyl (C=O) groups is 1. The quantitative estimate of drug-likeness (QED) is 0.489. The number of rotatable bonds is 6. The van der Waals surface area contributed by atoms with E-state index in [2.05, 4.69) is 20.6 Å². The molecule has 7 heteroatoms. The molecule has 0 radical (unpaired) electrons. The lowest BCUT2D eigenvalue weighted by Crippen LogP contribution is -1.93. The average Bonchev–Trinajstić information content (AvgIpc) is 3.42. The molecular formula is C21H16N6O. The highest BCUT2D eigenvalue weighted by Crippen LogP contribution is 2.08. The van der Waals surface area contributed by atoms with Crippen LogP contribution < -0.4 is 0 Å². The van der Waals surface area contributed by atoms with Crippen LogP contribution in [-0.2, 0) is 4.79 Å². The van der Waals surface area contributed by atoms with Crippen LogP contribution in [-0.4, -0.2) is 35.8 Å². The topological polar surface area (TPSA) is 78.5 Å². The molecule has 0 aliphatic carbocycles. The minimum Gasteiger partial charge on any atom is -0.290 e. The summed E-state index contributed by atoms with van der Waals surface area (Å²) in [6.07, 6.45) is 9.65. The Morgan fingerprint density at radius 1 is 0.679 bits per heavy atom. The zero-order valence-electron chi connectivity index (χ0n) is 14.8. The van der Waals surface area contributed by atoms with Crippen molar-refractivity contribution >= 4 is 17.9 Å². The van der Waals surface area contributed by atoms with Crippen LogP contribution in [0, 0.1) is 0 Å². The summed E-state index contributed by atoms with van der Waals surface area (Å²) in [7, 11) is 0. The highest BCUT2D eigenvalue weighted by Gasteiger charge is 2.01. The van der Waals surface area contributed by atoms with Gasteiger partial charge in [0.25, 0.3) is 0 Å². The Labute approximate surface area is 161 Å². The van der Waals surface area contributed by atoms with E-state index in [0.29, 0.717) is 11.4 Å². The van der Waals surface area contributed by atoms with E-state index in [1.54, 1.807) is 33.9 Å². The molecule has 0 amide bonds. The van der Waals surface area contributed by atoms with Crippen LogP contribution in [0.1, 0.15) is 11.4 Å². The molecule has 0 aliphatic rings. The Bertz CT molecular complexity index is 1040. The first kappa shape index (κ1) is 17.3. The van der Waals surface area contributed by atoms with Crippen molar-refractivity contribution in [3.05, 3.63) is 96.6 Å². The van der Waals surface area contributed by atoms with Crippen molar-refractivity contribution in [3.8, 4) is 11.4 Å². The molecule has 2 aromatic heterocycles. The number of aromatic nitrogens is 6. The second-order valence-corrected chi connectivity index (χ2v) is 5.92. The van der Waals surface area contributed by atoms with Gasteiger partial charge < -0.3 is 0 Å². The van der Waals surface area contributed by atoms with Crippen LogP contribution in [0.2, 0.25) is 0 Å². The van der Waals surface area contributed by atoms with Gasteiger partial charge in [-0.05, 0) is 48.6 Å². The fourth-order valence-corrected chi connectivity index (χ4v) is 2.51. The minimum atomic E-state index is -0.177. The molecule has 4 aromatic rings. The third-order valence-corrected chi connectivity index (χ3v) is 3.90. The lowest BCUT2D eigenvalue weighted by molar-refractivity contribution is -0.110. The summed E-state index contributed by atoms with van der Waals surface area (Å²) < 4.78 is 3.31. The molecule has 0 bridgehead atoms. The lowest BCUT2D eigenvalue weighted by Gasteiger charge is -1.96. The molecule has 0 aliphatic heterocycles. The molecule has 136 valence electrons. The third kappa shape index (κ3) is 4.16. The van der Waals surface area contributed by atoms with Crippen molar-refractivity contribution in [2.24, 2.45) is 0 Å². The van der Waals surface area contributed by atoms with E-state index in [0.717, 1.165) is 11.4 Å². The van der Waals surface area contributed by atoms with Gasteiger partial charge in [0, 0.05) is 0 Å². The summed E-state index contributed by atoms with van der Waals surface area (Å²) in [6.45, 7) is 0. The maximum absolute atomic E-state index is 12.1. The van der Waals surface area contributed by atoms with Crippen LogP contribution in [0.15, 0.2) is 85.2 Å². The summed E-state index contributed by atoms with van der Waals surface area (Å²) in [5.74, 6) is -0.177. The summed E-state index contributed by atoms with van der Waals surface area (Å²) in [4.78, 5) is 12.1. The average molecular weight is 368 g/mol. The molecule has 4 rings (SSSR count).